The molecule has 2 fully saturated rings. The Labute approximate surface area is 262 Å². The van der Waals surface area contributed by atoms with Crippen molar-refractivity contribution in [2.24, 2.45) is 0 Å². The molecule has 0 spiro atoms. The van der Waals surface area contributed by atoms with Crippen LogP contribution in [0.3, 0.4) is 0 Å². The largest absolute Gasteiger partial charge is 0.480 e. The molecule has 10 nitrogen and oxygen atoms in total. The predicted molar refractivity (Wildman–Crippen MR) is 169 cm³/mol. The van der Waals surface area contributed by atoms with Crippen LogP contribution in [0.25, 0.3) is 33.6 Å². The summed E-state index contributed by atoms with van der Waals surface area (Å²) in [4.78, 5) is 23.3. The van der Waals surface area contributed by atoms with E-state index < -0.39 is 0 Å². The molecule has 2 saturated heterocycles. The molecular weight excluding hydrogens is 580 g/mol. The highest BCUT2D eigenvalue weighted by Crippen LogP contribution is 2.40. The van der Waals surface area contributed by atoms with Crippen LogP contribution < -0.4 is 9.47 Å². The number of hydrogen-bond donors (Lipinski definition) is 2. The van der Waals surface area contributed by atoms with E-state index in [0.29, 0.717) is 54.3 Å². The van der Waals surface area contributed by atoms with Crippen molar-refractivity contribution in [2.45, 2.75) is 45.1 Å². The van der Waals surface area contributed by atoms with Gasteiger partial charge in [0, 0.05) is 56.0 Å². The number of nitrogens with zero attached hydrogens (tertiary/aromatic N) is 6. The van der Waals surface area contributed by atoms with Gasteiger partial charge in [-0.25, -0.2) is 9.97 Å². The summed E-state index contributed by atoms with van der Waals surface area (Å²) in [6.45, 7) is 6.06. The fourth-order valence-electron chi connectivity index (χ4n) is 6.08. The first-order valence-corrected chi connectivity index (χ1v) is 15.2. The third kappa shape index (κ3) is 6.27. The van der Waals surface area contributed by atoms with Crippen molar-refractivity contribution in [1.29, 1.82) is 0 Å². The van der Waals surface area contributed by atoms with Gasteiger partial charge in [0.1, 0.15) is 11.4 Å². The zero-order chi connectivity index (χ0) is 30.8. The maximum atomic E-state index is 9.90. The smallest absolute Gasteiger partial charge is 0.237 e. The van der Waals surface area contributed by atoms with Crippen molar-refractivity contribution in [1.82, 2.24) is 29.7 Å². The van der Waals surface area contributed by atoms with E-state index in [2.05, 4.69) is 14.8 Å². The van der Waals surface area contributed by atoms with Gasteiger partial charge < -0.3 is 19.7 Å². The summed E-state index contributed by atoms with van der Waals surface area (Å²) in [7, 11) is 3.19. The van der Waals surface area contributed by atoms with E-state index in [9.17, 15) is 10.2 Å². The molecule has 2 N–H and O–H groups in total. The van der Waals surface area contributed by atoms with Gasteiger partial charge in [0.05, 0.1) is 55.2 Å². The zero-order valence-corrected chi connectivity index (χ0v) is 26.0. The molecule has 6 rings (SSSR count). The summed E-state index contributed by atoms with van der Waals surface area (Å²) in [5, 5.41) is 20.4. The molecular formula is C33H37ClN6O4. The van der Waals surface area contributed by atoms with Gasteiger partial charge in [0.25, 0.3) is 0 Å². The van der Waals surface area contributed by atoms with Crippen molar-refractivity contribution >= 4 is 11.6 Å². The highest BCUT2D eigenvalue weighted by Gasteiger charge is 2.24. The molecule has 2 aromatic carbocycles. The Balaban J connectivity index is 1.29. The van der Waals surface area contributed by atoms with Gasteiger partial charge in [0.15, 0.2) is 0 Å². The second kappa shape index (κ2) is 13.1. The maximum absolute atomic E-state index is 9.90. The molecule has 2 aliphatic heterocycles. The lowest BCUT2D eigenvalue weighted by Crippen LogP contribution is -2.22. The predicted octanol–water partition coefficient (Wildman–Crippen LogP) is 4.38. The molecule has 0 aliphatic carbocycles. The third-order valence-electron chi connectivity index (χ3n) is 8.43. The van der Waals surface area contributed by atoms with Crippen molar-refractivity contribution in [3.05, 3.63) is 70.8 Å². The van der Waals surface area contributed by atoms with Crippen LogP contribution >= 0.6 is 11.6 Å². The number of halogens is 1. The van der Waals surface area contributed by atoms with Crippen LogP contribution in [-0.2, 0) is 13.1 Å². The summed E-state index contributed by atoms with van der Waals surface area (Å²) >= 11 is 7.08. The number of β-amino-alcohol motifs (C(OH)–C–C–N with tert-alkyl or cyclic N) is 2. The van der Waals surface area contributed by atoms with E-state index in [4.69, 9.17) is 36.0 Å². The van der Waals surface area contributed by atoms with Crippen LogP contribution in [0.2, 0.25) is 5.02 Å². The quantitative estimate of drug-likeness (QED) is 0.281. The summed E-state index contributed by atoms with van der Waals surface area (Å²) in [6, 6.07) is 11.9. The molecule has 0 saturated carbocycles. The number of rotatable bonds is 9. The van der Waals surface area contributed by atoms with Crippen LogP contribution in [0, 0.1) is 6.92 Å². The molecule has 0 unspecified atom stereocenters. The molecule has 11 heteroatoms. The minimum Gasteiger partial charge on any atom is -0.480 e. The normalized spacial score (nSPS) is 19.0. The second-order valence-corrected chi connectivity index (χ2v) is 11.8. The molecule has 4 heterocycles. The molecule has 0 bridgehead atoms. The Morgan fingerprint density at radius 2 is 1.23 bits per heavy atom. The molecule has 4 aromatic rings. The number of aliphatic hydroxyl groups is 2. The highest BCUT2D eigenvalue weighted by molar-refractivity contribution is 6.36. The lowest BCUT2D eigenvalue weighted by molar-refractivity contribution is 0.173. The average molecular weight is 617 g/mol. The molecule has 2 aliphatic rings. The minimum atomic E-state index is -0.305. The van der Waals surface area contributed by atoms with Crippen LogP contribution in [-0.4, -0.2) is 92.6 Å². The standard InChI is InChI=1S/C33H37ClN6O4/c1-20-23(6-4-7-24(20)27-14-35-29(32(37-27)43-2)18-39-12-10-21(41)16-39)25-8-5-9-26(31(25)34)28-15-36-30(33(38-28)44-3)19-40-13-11-22(42)17-40/h4-9,14-15,21-22,41-42H,10-13,16-19H2,1-3H3/t21-,22-/m0/s1. The third-order valence-corrected chi connectivity index (χ3v) is 8.83. The SMILES string of the molecule is COc1nc(-c2cccc(-c3cccc(-c4cnc(CN5CC[C@H](O)C5)c(OC)n4)c3Cl)c2C)cnc1CN1CC[C@H](O)C1. The summed E-state index contributed by atoms with van der Waals surface area (Å²) in [6.07, 6.45) is 4.42. The Bertz CT molecular complexity index is 1530. The maximum Gasteiger partial charge on any atom is 0.237 e. The number of methoxy groups -OCH3 is 2. The van der Waals surface area contributed by atoms with Gasteiger partial charge in [-0.15, -0.1) is 0 Å². The van der Waals surface area contributed by atoms with Gasteiger partial charge in [-0.3, -0.25) is 19.8 Å². The Hall–Kier alpha value is -3.67. The topological polar surface area (TPSA) is 117 Å². The van der Waals surface area contributed by atoms with Crippen LogP contribution in [0.1, 0.15) is 29.8 Å². The van der Waals surface area contributed by atoms with Crippen molar-refractivity contribution in [2.75, 3.05) is 40.4 Å². The number of benzene rings is 2. The lowest BCUT2D eigenvalue weighted by Gasteiger charge is -2.18. The van der Waals surface area contributed by atoms with Gasteiger partial charge in [-0.1, -0.05) is 48.0 Å². The minimum absolute atomic E-state index is 0.298. The Morgan fingerprint density at radius 1 is 0.750 bits per heavy atom. The molecule has 0 radical (unpaired) electrons. The lowest BCUT2D eigenvalue weighted by atomic mass is 9.93. The number of aliphatic hydroxyl groups excluding tert-OH is 2. The monoisotopic (exact) mass is 616 g/mol. The first-order chi connectivity index (χ1) is 21.3. The first kappa shape index (κ1) is 30.4. The van der Waals surface area contributed by atoms with Crippen molar-refractivity contribution in [3.63, 3.8) is 0 Å². The van der Waals surface area contributed by atoms with E-state index >= 15 is 0 Å². The van der Waals surface area contributed by atoms with Crippen molar-refractivity contribution < 1.29 is 19.7 Å². The number of hydrogen-bond acceptors (Lipinski definition) is 10. The van der Waals surface area contributed by atoms with E-state index in [1.54, 1.807) is 26.6 Å². The molecule has 2 aromatic heterocycles. The Kier molecular flexibility index (Phi) is 9.06. The summed E-state index contributed by atoms with van der Waals surface area (Å²) in [5.41, 5.74) is 7.30. The molecule has 44 heavy (non-hydrogen) atoms. The van der Waals surface area contributed by atoms with E-state index in [0.717, 1.165) is 65.1 Å². The summed E-state index contributed by atoms with van der Waals surface area (Å²) in [5.74, 6) is 0.922. The number of likely N-dealkylation sites (tertiary alicyclic amines) is 2. The van der Waals surface area contributed by atoms with Gasteiger partial charge >= 0.3 is 0 Å². The fraction of sp³-hybridized carbons (Fsp3) is 0.394. The van der Waals surface area contributed by atoms with Gasteiger partial charge in [-0.05, 0) is 30.9 Å². The van der Waals surface area contributed by atoms with E-state index in [1.165, 1.54) is 0 Å². The van der Waals surface area contributed by atoms with Crippen LogP contribution in [0.4, 0.5) is 0 Å². The van der Waals surface area contributed by atoms with E-state index in [-0.39, 0.29) is 12.2 Å². The highest BCUT2D eigenvalue weighted by atomic mass is 35.5. The molecule has 0 amide bonds. The van der Waals surface area contributed by atoms with Crippen LogP contribution in [0.15, 0.2) is 48.8 Å². The zero-order valence-electron chi connectivity index (χ0n) is 25.2. The molecule has 2 atom stereocenters. The molecule has 230 valence electrons. The summed E-state index contributed by atoms with van der Waals surface area (Å²) < 4.78 is 11.2. The number of aromatic nitrogens is 4. The Morgan fingerprint density at radius 3 is 1.73 bits per heavy atom. The van der Waals surface area contributed by atoms with E-state index in [1.807, 2.05) is 43.3 Å². The first-order valence-electron chi connectivity index (χ1n) is 14.8. The second-order valence-electron chi connectivity index (χ2n) is 11.4. The van der Waals surface area contributed by atoms with Gasteiger partial charge in [-0.2, -0.15) is 0 Å². The van der Waals surface area contributed by atoms with Crippen molar-refractivity contribution in [3.8, 4) is 45.4 Å². The number of ether oxygens (including phenoxy) is 2. The fourth-order valence-corrected chi connectivity index (χ4v) is 6.40. The van der Waals surface area contributed by atoms with Gasteiger partial charge in [0.2, 0.25) is 11.8 Å². The van der Waals surface area contributed by atoms with Crippen LogP contribution in [0.5, 0.6) is 11.8 Å². The average Bonchev–Trinajstić information content (AvgIpc) is 3.64.